The van der Waals surface area contributed by atoms with Gasteiger partial charge in [0.25, 0.3) is 5.91 Å². The molecule has 2 heterocycles. The summed E-state index contributed by atoms with van der Waals surface area (Å²) in [6.07, 6.45) is 0. The largest absolute Gasteiger partial charge is 0.347 e. The summed E-state index contributed by atoms with van der Waals surface area (Å²) in [5, 5.41) is 19.6. The van der Waals surface area contributed by atoms with Crippen LogP contribution in [0.2, 0.25) is 0 Å². The van der Waals surface area contributed by atoms with Gasteiger partial charge in [0.1, 0.15) is 5.69 Å². The number of rotatable bonds is 4. The summed E-state index contributed by atoms with van der Waals surface area (Å²) in [6.45, 7) is 2.27. The van der Waals surface area contributed by atoms with Gasteiger partial charge >= 0.3 is 0 Å². The summed E-state index contributed by atoms with van der Waals surface area (Å²) in [7, 11) is 1.75. The van der Waals surface area contributed by atoms with Crippen LogP contribution in [-0.2, 0) is 26.7 Å². The van der Waals surface area contributed by atoms with Crippen LogP contribution in [-0.4, -0.2) is 15.7 Å². The van der Waals surface area contributed by atoms with E-state index in [1.807, 2.05) is 12.1 Å². The van der Waals surface area contributed by atoms with E-state index in [4.69, 9.17) is 5.26 Å². The predicted molar refractivity (Wildman–Crippen MR) is 102 cm³/mol. The number of benzene rings is 2. The summed E-state index contributed by atoms with van der Waals surface area (Å²) in [5.41, 5.74) is 6.37. The lowest BCUT2D eigenvalue weighted by Gasteiger charge is -2.07. The highest BCUT2D eigenvalue weighted by atomic mass is 16.2. The van der Waals surface area contributed by atoms with Crippen molar-refractivity contribution in [3.05, 3.63) is 76.5 Å². The Hall–Kier alpha value is -3.43. The summed E-state index contributed by atoms with van der Waals surface area (Å²) in [4.78, 5) is 12.6. The van der Waals surface area contributed by atoms with Gasteiger partial charge in [0.2, 0.25) is 0 Å². The van der Waals surface area contributed by atoms with Gasteiger partial charge in [-0.1, -0.05) is 30.3 Å². The van der Waals surface area contributed by atoms with Gasteiger partial charge in [0.15, 0.2) is 0 Å². The monoisotopic (exact) mass is 357 g/mol. The number of carbonyl (C=O) groups is 1. The SMILES string of the molecule is Cn1nc(-c2ccc(C#N)cc2)cc1C(=O)NCc1ccc2c(c1)CNC2. The molecule has 3 aromatic rings. The second-order valence-electron chi connectivity index (χ2n) is 6.62. The fraction of sp³-hybridized carbons (Fsp3) is 0.190. The molecule has 6 heteroatoms. The molecule has 1 amide bonds. The number of aryl methyl sites for hydroxylation is 1. The standard InChI is InChI=1S/C21H19N5O/c1-26-20(9-19(25-26)16-5-2-14(10-22)3-6-16)21(27)24-11-15-4-7-17-12-23-13-18(17)8-15/h2-9,23H,11-13H2,1H3,(H,24,27). The lowest BCUT2D eigenvalue weighted by molar-refractivity contribution is 0.0941. The van der Waals surface area contributed by atoms with Crippen molar-refractivity contribution in [1.82, 2.24) is 20.4 Å². The van der Waals surface area contributed by atoms with Crippen LogP contribution in [0.25, 0.3) is 11.3 Å². The molecule has 0 unspecified atom stereocenters. The molecular weight excluding hydrogens is 338 g/mol. The first-order valence-corrected chi connectivity index (χ1v) is 8.78. The fourth-order valence-electron chi connectivity index (χ4n) is 3.27. The van der Waals surface area contributed by atoms with Crippen molar-refractivity contribution in [3.63, 3.8) is 0 Å². The maximum Gasteiger partial charge on any atom is 0.269 e. The van der Waals surface area contributed by atoms with E-state index in [-0.39, 0.29) is 5.91 Å². The number of nitrogens with zero attached hydrogens (tertiary/aromatic N) is 3. The van der Waals surface area contributed by atoms with Crippen LogP contribution in [0.3, 0.4) is 0 Å². The van der Waals surface area contributed by atoms with E-state index in [0.717, 1.165) is 24.2 Å². The Kier molecular flexibility index (Phi) is 4.45. The van der Waals surface area contributed by atoms with Gasteiger partial charge in [-0.25, -0.2) is 0 Å². The molecule has 0 bridgehead atoms. The summed E-state index contributed by atoms with van der Waals surface area (Å²) in [5.74, 6) is -0.163. The second-order valence-corrected chi connectivity index (χ2v) is 6.62. The Morgan fingerprint density at radius 1 is 1.19 bits per heavy atom. The first-order chi connectivity index (χ1) is 13.1. The highest BCUT2D eigenvalue weighted by Gasteiger charge is 2.15. The molecule has 1 aliphatic rings. The van der Waals surface area contributed by atoms with Gasteiger partial charge in [-0.2, -0.15) is 10.4 Å². The summed E-state index contributed by atoms with van der Waals surface area (Å²) < 4.78 is 1.58. The van der Waals surface area contributed by atoms with Crippen molar-refractivity contribution in [1.29, 1.82) is 5.26 Å². The minimum absolute atomic E-state index is 0.163. The number of hydrogen-bond donors (Lipinski definition) is 2. The number of carbonyl (C=O) groups excluding carboxylic acids is 1. The van der Waals surface area contributed by atoms with Crippen LogP contribution >= 0.6 is 0 Å². The summed E-state index contributed by atoms with van der Waals surface area (Å²) in [6, 6.07) is 17.3. The molecule has 134 valence electrons. The van der Waals surface area contributed by atoms with Crippen LogP contribution in [0.15, 0.2) is 48.5 Å². The molecule has 0 saturated heterocycles. The van der Waals surface area contributed by atoms with E-state index in [1.165, 1.54) is 11.1 Å². The van der Waals surface area contributed by atoms with Crippen LogP contribution in [0.4, 0.5) is 0 Å². The Bertz CT molecular complexity index is 1040. The van der Waals surface area contributed by atoms with E-state index in [2.05, 4.69) is 40.0 Å². The van der Waals surface area contributed by atoms with E-state index in [9.17, 15) is 4.79 Å². The van der Waals surface area contributed by atoms with Crippen molar-refractivity contribution in [2.45, 2.75) is 19.6 Å². The number of amides is 1. The Labute approximate surface area is 157 Å². The predicted octanol–water partition coefficient (Wildman–Crippen LogP) is 2.49. The third kappa shape index (κ3) is 3.46. The topological polar surface area (TPSA) is 82.7 Å². The van der Waals surface area contributed by atoms with Gasteiger partial charge in [-0.05, 0) is 34.9 Å². The number of fused-ring (bicyclic) bond motifs is 1. The molecule has 4 rings (SSSR count). The van der Waals surface area contributed by atoms with Crippen molar-refractivity contribution in [3.8, 4) is 17.3 Å². The van der Waals surface area contributed by atoms with Crippen molar-refractivity contribution in [2.75, 3.05) is 0 Å². The zero-order valence-electron chi connectivity index (χ0n) is 15.0. The van der Waals surface area contributed by atoms with Gasteiger partial charge in [0.05, 0.1) is 17.3 Å². The van der Waals surface area contributed by atoms with Crippen molar-refractivity contribution in [2.24, 2.45) is 7.05 Å². The van der Waals surface area contributed by atoms with Gasteiger partial charge < -0.3 is 10.6 Å². The second kappa shape index (κ2) is 7.06. The Morgan fingerprint density at radius 2 is 1.96 bits per heavy atom. The maximum atomic E-state index is 12.6. The molecule has 0 atom stereocenters. The van der Waals surface area contributed by atoms with Crippen molar-refractivity contribution >= 4 is 5.91 Å². The minimum Gasteiger partial charge on any atom is -0.347 e. The van der Waals surface area contributed by atoms with Crippen molar-refractivity contribution < 1.29 is 4.79 Å². The molecular formula is C21H19N5O. The smallest absolute Gasteiger partial charge is 0.269 e. The lowest BCUT2D eigenvalue weighted by atomic mass is 10.1. The molecule has 6 nitrogen and oxygen atoms in total. The highest BCUT2D eigenvalue weighted by Crippen LogP contribution is 2.20. The van der Waals surface area contributed by atoms with Crippen LogP contribution in [0, 0.1) is 11.3 Å². The van der Waals surface area contributed by atoms with E-state index < -0.39 is 0 Å². The van der Waals surface area contributed by atoms with Gasteiger partial charge in [-0.3, -0.25) is 9.48 Å². The van der Waals surface area contributed by atoms with Crippen LogP contribution in [0.5, 0.6) is 0 Å². The molecule has 0 fully saturated rings. The number of nitrogens with one attached hydrogen (secondary N) is 2. The van der Waals surface area contributed by atoms with Gasteiger partial charge in [-0.15, -0.1) is 0 Å². The Morgan fingerprint density at radius 3 is 2.74 bits per heavy atom. The zero-order valence-corrected chi connectivity index (χ0v) is 15.0. The fourth-order valence-corrected chi connectivity index (χ4v) is 3.27. The molecule has 0 spiro atoms. The molecule has 2 aromatic carbocycles. The molecule has 27 heavy (non-hydrogen) atoms. The number of aromatic nitrogens is 2. The molecule has 2 N–H and O–H groups in total. The molecule has 1 aromatic heterocycles. The van der Waals surface area contributed by atoms with E-state index in [0.29, 0.717) is 23.5 Å². The third-order valence-corrected chi connectivity index (χ3v) is 4.78. The number of nitriles is 1. The number of hydrogen-bond acceptors (Lipinski definition) is 4. The molecule has 1 aliphatic heterocycles. The quantitative estimate of drug-likeness (QED) is 0.751. The average molecular weight is 357 g/mol. The van der Waals surface area contributed by atoms with Gasteiger partial charge in [0, 0.05) is 32.2 Å². The first-order valence-electron chi connectivity index (χ1n) is 8.78. The average Bonchev–Trinajstić information content (AvgIpc) is 3.32. The lowest BCUT2D eigenvalue weighted by Crippen LogP contribution is -2.25. The minimum atomic E-state index is -0.163. The summed E-state index contributed by atoms with van der Waals surface area (Å²) >= 11 is 0. The zero-order chi connectivity index (χ0) is 18.8. The molecule has 0 aliphatic carbocycles. The van der Waals surface area contributed by atoms with Crippen LogP contribution < -0.4 is 10.6 Å². The molecule has 0 saturated carbocycles. The maximum absolute atomic E-state index is 12.6. The third-order valence-electron chi connectivity index (χ3n) is 4.78. The molecule has 0 radical (unpaired) electrons. The van der Waals surface area contributed by atoms with Crippen LogP contribution in [0.1, 0.15) is 32.7 Å². The highest BCUT2D eigenvalue weighted by molar-refractivity contribution is 5.93. The normalized spacial score (nSPS) is 12.4. The first kappa shape index (κ1) is 17.0. The van der Waals surface area contributed by atoms with E-state index in [1.54, 1.807) is 29.9 Å². The van der Waals surface area contributed by atoms with E-state index >= 15 is 0 Å². The Balaban J connectivity index is 1.47.